The van der Waals surface area contributed by atoms with Crippen LogP contribution in [0.1, 0.15) is 0 Å². The maximum absolute atomic E-state index is 10.9. The molecule has 4 N–H and O–H groups in total. The Morgan fingerprint density at radius 2 is 1.70 bits per heavy atom. The zero-order chi connectivity index (χ0) is 14.9. The van der Waals surface area contributed by atoms with Crippen molar-refractivity contribution in [3.8, 4) is 11.1 Å². The number of nitrogen functional groups attached to an aromatic ring is 1. The molecule has 4 nitrogen and oxygen atoms in total. The molecule has 0 aromatic heterocycles. The van der Waals surface area contributed by atoms with Crippen molar-refractivity contribution >= 4 is 52.3 Å². The number of rotatable bonds is 2. The van der Waals surface area contributed by atoms with Gasteiger partial charge in [-0.1, -0.05) is 46.9 Å². The molecule has 0 heterocycles. The lowest BCUT2D eigenvalue weighted by Crippen LogP contribution is -2.10. The number of hydrogen-bond acceptors (Lipinski definition) is 2. The normalized spacial score (nSPS) is 10.3. The maximum Gasteiger partial charge on any atom is 0.409 e. The smallest absolute Gasteiger partial charge is 0.409 e. The number of carboxylic acid groups (broad SMARTS) is 1. The minimum Gasteiger partial charge on any atom is -0.465 e. The minimum absolute atomic E-state index is 0.250. The van der Waals surface area contributed by atoms with Crippen LogP contribution in [-0.2, 0) is 0 Å². The molecule has 0 aliphatic rings. The summed E-state index contributed by atoms with van der Waals surface area (Å²) in [5, 5.41) is 12.1. The predicted octanol–water partition coefficient (Wildman–Crippen LogP) is 4.99. The van der Waals surface area contributed by atoms with E-state index in [0.717, 1.165) is 0 Å². The SMILES string of the molecule is Nc1cccc(-c2cc(Cl)c(Cl)cc2Cl)c1NC(=O)O. The Balaban J connectivity index is 2.66. The third-order valence-corrected chi connectivity index (χ3v) is 3.66. The predicted molar refractivity (Wildman–Crippen MR) is 83.0 cm³/mol. The van der Waals surface area contributed by atoms with Crippen LogP contribution in [0.2, 0.25) is 15.1 Å². The van der Waals surface area contributed by atoms with Gasteiger partial charge in [-0.3, -0.25) is 5.32 Å². The number of para-hydroxylation sites is 1. The van der Waals surface area contributed by atoms with E-state index < -0.39 is 6.09 Å². The van der Waals surface area contributed by atoms with Gasteiger partial charge >= 0.3 is 6.09 Å². The van der Waals surface area contributed by atoms with E-state index in [1.807, 2.05) is 0 Å². The van der Waals surface area contributed by atoms with Gasteiger partial charge in [0.1, 0.15) is 0 Å². The lowest BCUT2D eigenvalue weighted by molar-refractivity contribution is 0.210. The fraction of sp³-hybridized carbons (Fsp3) is 0. The molecule has 20 heavy (non-hydrogen) atoms. The molecule has 0 spiro atoms. The average Bonchev–Trinajstić information content (AvgIpc) is 2.36. The van der Waals surface area contributed by atoms with E-state index in [1.54, 1.807) is 24.3 Å². The highest BCUT2D eigenvalue weighted by Crippen LogP contribution is 2.40. The Kier molecular flexibility index (Phi) is 4.28. The molecule has 0 saturated carbocycles. The molecule has 104 valence electrons. The molecule has 2 aromatic rings. The second-order valence-electron chi connectivity index (χ2n) is 3.95. The Morgan fingerprint density at radius 3 is 2.35 bits per heavy atom. The molecule has 0 radical (unpaired) electrons. The van der Waals surface area contributed by atoms with Crippen LogP contribution in [0.3, 0.4) is 0 Å². The van der Waals surface area contributed by atoms with Crippen LogP contribution in [0.5, 0.6) is 0 Å². The molecular formula is C13H9Cl3N2O2. The second kappa shape index (κ2) is 5.79. The van der Waals surface area contributed by atoms with Crippen molar-refractivity contribution in [2.24, 2.45) is 0 Å². The van der Waals surface area contributed by atoms with E-state index in [1.165, 1.54) is 6.07 Å². The summed E-state index contributed by atoms with van der Waals surface area (Å²) in [7, 11) is 0. The Labute approximate surface area is 130 Å². The first kappa shape index (κ1) is 14.8. The Hall–Kier alpha value is -1.62. The molecule has 1 amide bonds. The summed E-state index contributed by atoms with van der Waals surface area (Å²) < 4.78 is 0. The molecule has 0 aliphatic carbocycles. The number of benzene rings is 2. The second-order valence-corrected chi connectivity index (χ2v) is 5.17. The molecule has 0 atom stereocenters. The number of halogens is 3. The zero-order valence-electron chi connectivity index (χ0n) is 9.95. The van der Waals surface area contributed by atoms with Crippen molar-refractivity contribution in [1.29, 1.82) is 0 Å². The van der Waals surface area contributed by atoms with Crippen molar-refractivity contribution in [2.45, 2.75) is 0 Å². The minimum atomic E-state index is -1.22. The van der Waals surface area contributed by atoms with Crippen molar-refractivity contribution in [1.82, 2.24) is 0 Å². The van der Waals surface area contributed by atoms with Crippen molar-refractivity contribution in [3.05, 3.63) is 45.4 Å². The van der Waals surface area contributed by atoms with Gasteiger partial charge in [-0.05, 0) is 18.2 Å². The quantitative estimate of drug-likeness (QED) is 0.536. The number of amides is 1. The van der Waals surface area contributed by atoms with Gasteiger partial charge in [-0.2, -0.15) is 0 Å². The van der Waals surface area contributed by atoms with Gasteiger partial charge in [0.05, 0.1) is 26.4 Å². The van der Waals surface area contributed by atoms with E-state index >= 15 is 0 Å². The fourth-order valence-electron chi connectivity index (χ4n) is 1.77. The topological polar surface area (TPSA) is 75.3 Å². The molecule has 0 fully saturated rings. The van der Waals surface area contributed by atoms with Crippen LogP contribution in [0.15, 0.2) is 30.3 Å². The zero-order valence-corrected chi connectivity index (χ0v) is 12.2. The number of hydrogen-bond donors (Lipinski definition) is 3. The molecule has 0 saturated heterocycles. The van der Waals surface area contributed by atoms with Crippen LogP contribution in [0.4, 0.5) is 16.2 Å². The molecule has 2 rings (SSSR count). The van der Waals surface area contributed by atoms with Crippen molar-refractivity contribution in [3.63, 3.8) is 0 Å². The first-order valence-electron chi connectivity index (χ1n) is 5.43. The van der Waals surface area contributed by atoms with Gasteiger partial charge < -0.3 is 10.8 Å². The summed E-state index contributed by atoms with van der Waals surface area (Å²) in [5.74, 6) is 0. The Morgan fingerprint density at radius 1 is 1.05 bits per heavy atom. The third kappa shape index (κ3) is 2.93. The number of nitrogens with one attached hydrogen (secondary N) is 1. The van der Waals surface area contributed by atoms with Gasteiger partial charge in [0.25, 0.3) is 0 Å². The van der Waals surface area contributed by atoms with Crippen LogP contribution in [0, 0.1) is 0 Å². The summed E-state index contributed by atoms with van der Waals surface area (Å²) in [4.78, 5) is 10.9. The summed E-state index contributed by atoms with van der Waals surface area (Å²) in [6.07, 6.45) is -1.22. The van der Waals surface area contributed by atoms with Crippen molar-refractivity contribution < 1.29 is 9.90 Å². The molecular weight excluding hydrogens is 323 g/mol. The van der Waals surface area contributed by atoms with Gasteiger partial charge in [0.15, 0.2) is 0 Å². The molecule has 0 aliphatic heterocycles. The lowest BCUT2D eigenvalue weighted by Gasteiger charge is -2.14. The van der Waals surface area contributed by atoms with Crippen LogP contribution >= 0.6 is 34.8 Å². The fourth-order valence-corrected chi connectivity index (χ4v) is 2.42. The maximum atomic E-state index is 10.9. The van der Waals surface area contributed by atoms with Gasteiger partial charge in [-0.15, -0.1) is 0 Å². The summed E-state index contributed by atoms with van der Waals surface area (Å²) in [6, 6.07) is 8.02. The first-order valence-corrected chi connectivity index (χ1v) is 6.57. The van der Waals surface area contributed by atoms with Gasteiger partial charge in [0, 0.05) is 11.1 Å². The van der Waals surface area contributed by atoms with E-state index in [0.29, 0.717) is 26.2 Å². The molecule has 0 bridgehead atoms. The van der Waals surface area contributed by atoms with Crippen LogP contribution in [-0.4, -0.2) is 11.2 Å². The number of nitrogens with two attached hydrogens (primary N) is 1. The monoisotopic (exact) mass is 330 g/mol. The van der Waals surface area contributed by atoms with E-state index in [2.05, 4.69) is 5.32 Å². The third-order valence-electron chi connectivity index (χ3n) is 2.63. The number of carbonyl (C=O) groups is 1. The van der Waals surface area contributed by atoms with Crippen LogP contribution < -0.4 is 11.1 Å². The summed E-state index contributed by atoms with van der Waals surface area (Å²) in [5.41, 5.74) is 7.39. The highest BCUT2D eigenvalue weighted by molar-refractivity contribution is 6.44. The van der Waals surface area contributed by atoms with E-state index in [9.17, 15) is 4.79 Å². The highest BCUT2D eigenvalue weighted by atomic mass is 35.5. The van der Waals surface area contributed by atoms with E-state index in [4.69, 9.17) is 45.6 Å². The van der Waals surface area contributed by atoms with Crippen molar-refractivity contribution in [2.75, 3.05) is 11.1 Å². The average molecular weight is 332 g/mol. The number of anilines is 2. The first-order chi connectivity index (χ1) is 9.40. The van der Waals surface area contributed by atoms with Gasteiger partial charge in [0.2, 0.25) is 0 Å². The summed E-state index contributed by atoms with van der Waals surface area (Å²) >= 11 is 18.0. The Bertz CT molecular complexity index is 690. The van der Waals surface area contributed by atoms with E-state index in [-0.39, 0.29) is 11.4 Å². The molecule has 2 aromatic carbocycles. The lowest BCUT2D eigenvalue weighted by atomic mass is 10.0. The van der Waals surface area contributed by atoms with Gasteiger partial charge in [-0.25, -0.2) is 4.79 Å². The highest BCUT2D eigenvalue weighted by Gasteiger charge is 2.15. The van der Waals surface area contributed by atoms with Crippen LogP contribution in [0.25, 0.3) is 11.1 Å². The largest absolute Gasteiger partial charge is 0.465 e. The molecule has 0 unspecified atom stereocenters. The standard InChI is InChI=1S/C13H9Cl3N2O2/c14-8-5-10(16)9(15)4-7(8)6-2-1-3-11(17)12(6)18-13(19)20/h1-5,18H,17H2,(H,19,20). The summed E-state index contributed by atoms with van der Waals surface area (Å²) in [6.45, 7) is 0. The molecule has 7 heteroatoms.